The summed E-state index contributed by atoms with van der Waals surface area (Å²) in [5, 5.41) is 5.42. The molecule has 1 fully saturated rings. The van der Waals surface area contributed by atoms with Crippen LogP contribution in [0.2, 0.25) is 0 Å². The molecule has 0 spiro atoms. The van der Waals surface area contributed by atoms with Crippen LogP contribution in [0.15, 0.2) is 29.0 Å². The van der Waals surface area contributed by atoms with Crippen molar-refractivity contribution < 1.29 is 4.79 Å². The van der Waals surface area contributed by atoms with Crippen LogP contribution in [0.25, 0.3) is 10.8 Å². The van der Waals surface area contributed by atoms with Gasteiger partial charge in [-0.2, -0.15) is 0 Å². The Labute approximate surface area is 125 Å². The molecule has 1 amide bonds. The van der Waals surface area contributed by atoms with E-state index in [-0.39, 0.29) is 11.9 Å². The number of hydrogen-bond acceptors (Lipinski definition) is 3. The Morgan fingerprint density at radius 1 is 1.40 bits per heavy atom. The van der Waals surface area contributed by atoms with Crippen LogP contribution in [0.1, 0.15) is 23.2 Å². The number of pyridine rings is 1. The predicted octanol–water partition coefficient (Wildman–Crippen LogP) is 2.71. The van der Waals surface area contributed by atoms with Gasteiger partial charge in [0.2, 0.25) is 0 Å². The standard InChI is InChI=1S/C15H14BrN3O/c16-14-10-4-1-5-11-13(10)12(8-18-14)19(15(11)20)9-3-2-6-17-7-9/h1,4-5,8-9,17H,2-3,6-7H2. The van der Waals surface area contributed by atoms with Crippen LogP contribution in [0, 0.1) is 0 Å². The fraction of sp³-hybridized carbons (Fsp3) is 0.333. The minimum absolute atomic E-state index is 0.110. The number of anilines is 1. The van der Waals surface area contributed by atoms with E-state index in [2.05, 4.69) is 26.2 Å². The molecule has 0 aliphatic carbocycles. The highest BCUT2D eigenvalue weighted by atomic mass is 79.9. The second kappa shape index (κ2) is 4.53. The summed E-state index contributed by atoms with van der Waals surface area (Å²) in [5.41, 5.74) is 1.75. The topological polar surface area (TPSA) is 45.2 Å². The SMILES string of the molecule is O=C1c2cccc3c(Br)ncc(c23)N1C1CCCNC1. The smallest absolute Gasteiger partial charge is 0.259 e. The van der Waals surface area contributed by atoms with Crippen molar-refractivity contribution in [2.24, 2.45) is 0 Å². The lowest BCUT2D eigenvalue weighted by Crippen LogP contribution is -2.47. The number of benzene rings is 1. The summed E-state index contributed by atoms with van der Waals surface area (Å²) in [6.07, 6.45) is 3.97. The van der Waals surface area contributed by atoms with E-state index < -0.39 is 0 Å². The van der Waals surface area contributed by atoms with Gasteiger partial charge in [0.05, 0.1) is 11.9 Å². The first-order valence-corrected chi connectivity index (χ1v) is 7.68. The molecule has 4 rings (SSSR count). The van der Waals surface area contributed by atoms with Crippen molar-refractivity contribution >= 4 is 38.3 Å². The minimum Gasteiger partial charge on any atom is -0.315 e. The zero-order chi connectivity index (χ0) is 13.7. The summed E-state index contributed by atoms with van der Waals surface area (Å²) in [6.45, 7) is 1.90. The largest absolute Gasteiger partial charge is 0.315 e. The highest BCUT2D eigenvalue weighted by molar-refractivity contribution is 9.10. The predicted molar refractivity (Wildman–Crippen MR) is 82.1 cm³/mol. The average Bonchev–Trinajstić information content (AvgIpc) is 2.78. The van der Waals surface area contributed by atoms with Crippen LogP contribution < -0.4 is 10.2 Å². The van der Waals surface area contributed by atoms with Gasteiger partial charge in [-0.05, 0) is 41.4 Å². The Balaban J connectivity index is 1.91. The van der Waals surface area contributed by atoms with E-state index in [1.165, 1.54) is 0 Å². The molecule has 102 valence electrons. The number of nitrogens with zero attached hydrogens (tertiary/aromatic N) is 2. The first kappa shape index (κ1) is 12.3. The summed E-state index contributed by atoms with van der Waals surface area (Å²) >= 11 is 3.48. The Morgan fingerprint density at radius 2 is 2.30 bits per heavy atom. The molecule has 1 saturated heterocycles. The van der Waals surface area contributed by atoms with Gasteiger partial charge in [0.25, 0.3) is 5.91 Å². The monoisotopic (exact) mass is 331 g/mol. The third-order valence-corrected chi connectivity index (χ3v) is 4.82. The minimum atomic E-state index is 0.110. The summed E-state index contributed by atoms with van der Waals surface area (Å²) in [6, 6.07) is 6.08. The van der Waals surface area contributed by atoms with E-state index in [9.17, 15) is 4.79 Å². The molecule has 0 saturated carbocycles. The summed E-state index contributed by atoms with van der Waals surface area (Å²) in [7, 11) is 0. The molecule has 1 unspecified atom stereocenters. The maximum atomic E-state index is 12.7. The molecule has 1 atom stereocenters. The number of nitrogens with one attached hydrogen (secondary N) is 1. The molecular formula is C15H14BrN3O. The Hall–Kier alpha value is -1.46. The molecule has 0 bridgehead atoms. The zero-order valence-corrected chi connectivity index (χ0v) is 12.5. The van der Waals surface area contributed by atoms with Gasteiger partial charge in [-0.1, -0.05) is 12.1 Å². The van der Waals surface area contributed by atoms with Crippen molar-refractivity contribution in [2.75, 3.05) is 18.0 Å². The molecular weight excluding hydrogens is 318 g/mol. The number of piperidine rings is 1. The first-order valence-electron chi connectivity index (χ1n) is 6.89. The lowest BCUT2D eigenvalue weighted by molar-refractivity contribution is 0.0979. The zero-order valence-electron chi connectivity index (χ0n) is 10.9. The lowest BCUT2D eigenvalue weighted by atomic mass is 10.1. The number of rotatable bonds is 1. The summed E-state index contributed by atoms with van der Waals surface area (Å²) in [4.78, 5) is 19.1. The van der Waals surface area contributed by atoms with Gasteiger partial charge in [0.15, 0.2) is 0 Å². The molecule has 0 radical (unpaired) electrons. The molecule has 2 aliphatic rings. The van der Waals surface area contributed by atoms with Crippen molar-refractivity contribution in [3.63, 3.8) is 0 Å². The molecule has 2 aromatic rings. The molecule has 1 aromatic heterocycles. The van der Waals surface area contributed by atoms with Crippen LogP contribution in [-0.4, -0.2) is 30.0 Å². The average molecular weight is 332 g/mol. The van der Waals surface area contributed by atoms with Gasteiger partial charge in [0.1, 0.15) is 4.60 Å². The second-order valence-electron chi connectivity index (χ2n) is 5.34. The number of carbonyl (C=O) groups is 1. The second-order valence-corrected chi connectivity index (χ2v) is 6.09. The van der Waals surface area contributed by atoms with Crippen molar-refractivity contribution in [1.29, 1.82) is 0 Å². The normalized spacial score (nSPS) is 21.8. The Kier molecular flexibility index (Phi) is 2.79. The number of carbonyl (C=O) groups excluding carboxylic acids is 1. The van der Waals surface area contributed by atoms with E-state index in [1.807, 2.05) is 29.3 Å². The highest BCUT2D eigenvalue weighted by Crippen LogP contribution is 2.40. The molecule has 4 nitrogen and oxygen atoms in total. The maximum Gasteiger partial charge on any atom is 0.259 e. The fourth-order valence-electron chi connectivity index (χ4n) is 3.27. The van der Waals surface area contributed by atoms with Crippen LogP contribution >= 0.6 is 15.9 Å². The Morgan fingerprint density at radius 3 is 3.10 bits per heavy atom. The van der Waals surface area contributed by atoms with Gasteiger partial charge in [-0.15, -0.1) is 0 Å². The first-order chi connectivity index (χ1) is 9.77. The van der Waals surface area contributed by atoms with Gasteiger partial charge >= 0.3 is 0 Å². The lowest BCUT2D eigenvalue weighted by Gasteiger charge is -2.32. The molecule has 5 heteroatoms. The molecule has 2 aliphatic heterocycles. The van der Waals surface area contributed by atoms with Crippen LogP contribution in [-0.2, 0) is 0 Å². The van der Waals surface area contributed by atoms with Crippen molar-refractivity contribution in [1.82, 2.24) is 10.3 Å². The highest BCUT2D eigenvalue weighted by Gasteiger charge is 2.35. The van der Waals surface area contributed by atoms with E-state index >= 15 is 0 Å². The van der Waals surface area contributed by atoms with Crippen LogP contribution in [0.4, 0.5) is 5.69 Å². The fourth-order valence-corrected chi connectivity index (χ4v) is 3.70. The third kappa shape index (κ3) is 1.63. The van der Waals surface area contributed by atoms with Crippen LogP contribution in [0.5, 0.6) is 0 Å². The maximum absolute atomic E-state index is 12.7. The van der Waals surface area contributed by atoms with Crippen LogP contribution in [0.3, 0.4) is 0 Å². The number of aromatic nitrogens is 1. The molecule has 1 aromatic carbocycles. The van der Waals surface area contributed by atoms with E-state index in [0.29, 0.717) is 0 Å². The molecule has 3 heterocycles. The molecule has 20 heavy (non-hydrogen) atoms. The van der Waals surface area contributed by atoms with Crippen molar-refractivity contribution in [3.05, 3.63) is 34.6 Å². The van der Waals surface area contributed by atoms with Gasteiger partial charge < -0.3 is 10.2 Å². The van der Waals surface area contributed by atoms with Crippen molar-refractivity contribution in [2.45, 2.75) is 18.9 Å². The Bertz CT molecular complexity index is 710. The van der Waals surface area contributed by atoms with E-state index in [1.54, 1.807) is 0 Å². The number of amides is 1. The summed E-state index contributed by atoms with van der Waals surface area (Å²) < 4.78 is 0.800. The van der Waals surface area contributed by atoms with Crippen molar-refractivity contribution in [3.8, 4) is 0 Å². The summed E-state index contributed by atoms with van der Waals surface area (Å²) in [5.74, 6) is 0.110. The molecule has 1 N–H and O–H groups in total. The van der Waals surface area contributed by atoms with Gasteiger partial charge in [-0.25, -0.2) is 4.98 Å². The number of halogens is 1. The quantitative estimate of drug-likeness (QED) is 0.817. The third-order valence-electron chi connectivity index (χ3n) is 4.19. The van der Waals surface area contributed by atoms with Gasteiger partial charge in [0, 0.05) is 28.9 Å². The number of hydrogen-bond donors (Lipinski definition) is 1. The van der Waals surface area contributed by atoms with E-state index in [0.717, 1.165) is 52.6 Å². The van der Waals surface area contributed by atoms with Gasteiger partial charge in [-0.3, -0.25) is 4.79 Å². The van der Waals surface area contributed by atoms with E-state index in [4.69, 9.17) is 0 Å².